The second-order valence-corrected chi connectivity index (χ2v) is 6.22. The van der Waals surface area contributed by atoms with Gasteiger partial charge in [0.05, 0.1) is 13.7 Å². The van der Waals surface area contributed by atoms with E-state index in [4.69, 9.17) is 16.3 Å². The first-order chi connectivity index (χ1) is 13.6. The number of ether oxygens (including phenoxy) is 2. The van der Waals surface area contributed by atoms with Crippen molar-refractivity contribution in [1.82, 2.24) is 5.32 Å². The minimum absolute atomic E-state index is 0.114. The van der Waals surface area contributed by atoms with E-state index in [1.807, 2.05) is 5.32 Å². The smallest absolute Gasteiger partial charge is 0.441 e. The summed E-state index contributed by atoms with van der Waals surface area (Å²) in [6.45, 7) is 1.02. The summed E-state index contributed by atoms with van der Waals surface area (Å²) in [5.41, 5.74) is -3.79. The quantitative estimate of drug-likeness (QED) is 0.512. The Kier molecular flexibility index (Phi) is 6.97. The molecule has 2 N–H and O–H groups in total. The number of esters is 1. The van der Waals surface area contributed by atoms with Crippen LogP contribution in [0.4, 0.5) is 18.9 Å². The van der Waals surface area contributed by atoms with Crippen molar-refractivity contribution in [2.75, 3.05) is 19.0 Å². The third kappa shape index (κ3) is 5.11. The van der Waals surface area contributed by atoms with Crippen LogP contribution in [0, 0.1) is 0 Å². The van der Waals surface area contributed by atoms with Crippen LogP contribution in [-0.4, -0.2) is 37.4 Å². The number of nitrogens with one attached hydrogen (secondary N) is 2. The first-order valence-electron chi connectivity index (χ1n) is 8.37. The van der Waals surface area contributed by atoms with Crippen LogP contribution in [0.3, 0.4) is 0 Å². The van der Waals surface area contributed by atoms with Gasteiger partial charge in [-0.15, -0.1) is 0 Å². The number of carbonyl (C=O) groups is 2. The Morgan fingerprint density at radius 2 is 1.76 bits per heavy atom. The fourth-order valence-corrected chi connectivity index (χ4v) is 2.59. The largest absolute Gasteiger partial charge is 0.497 e. The molecule has 0 saturated carbocycles. The van der Waals surface area contributed by atoms with Gasteiger partial charge in [0.2, 0.25) is 0 Å². The van der Waals surface area contributed by atoms with Crippen LogP contribution in [0.1, 0.15) is 17.3 Å². The molecule has 0 saturated heterocycles. The van der Waals surface area contributed by atoms with E-state index in [0.717, 1.165) is 0 Å². The van der Waals surface area contributed by atoms with Crippen LogP contribution in [0.25, 0.3) is 0 Å². The Hall–Kier alpha value is -2.94. The van der Waals surface area contributed by atoms with E-state index in [1.165, 1.54) is 62.6 Å². The van der Waals surface area contributed by atoms with Crippen molar-refractivity contribution in [2.45, 2.75) is 18.8 Å². The second-order valence-electron chi connectivity index (χ2n) is 5.79. The number of halogens is 4. The van der Waals surface area contributed by atoms with Crippen LogP contribution in [0.2, 0.25) is 5.02 Å². The van der Waals surface area contributed by atoms with Gasteiger partial charge in [-0.25, -0.2) is 4.79 Å². The Balaban J connectivity index is 2.48. The average molecular weight is 431 g/mol. The fraction of sp³-hybridized carbons (Fsp3) is 0.263. The number of benzene rings is 2. The van der Waals surface area contributed by atoms with Crippen molar-refractivity contribution < 1.29 is 32.2 Å². The average Bonchev–Trinajstić information content (AvgIpc) is 2.66. The van der Waals surface area contributed by atoms with Gasteiger partial charge in [-0.3, -0.25) is 4.79 Å². The van der Waals surface area contributed by atoms with E-state index < -0.39 is 23.7 Å². The van der Waals surface area contributed by atoms with Gasteiger partial charge in [0.25, 0.3) is 5.91 Å². The number of alkyl halides is 3. The zero-order chi connectivity index (χ0) is 21.7. The van der Waals surface area contributed by atoms with Crippen molar-refractivity contribution >= 4 is 29.2 Å². The summed E-state index contributed by atoms with van der Waals surface area (Å²) in [4.78, 5) is 24.9. The maximum Gasteiger partial charge on any atom is 0.441 e. The third-order valence-electron chi connectivity index (χ3n) is 3.82. The van der Waals surface area contributed by atoms with Gasteiger partial charge in [-0.2, -0.15) is 13.2 Å². The van der Waals surface area contributed by atoms with Gasteiger partial charge in [0.1, 0.15) is 5.75 Å². The van der Waals surface area contributed by atoms with E-state index in [1.54, 1.807) is 5.32 Å². The van der Waals surface area contributed by atoms with Crippen molar-refractivity contribution in [1.29, 1.82) is 0 Å². The van der Waals surface area contributed by atoms with Crippen molar-refractivity contribution in [3.05, 3.63) is 59.1 Å². The maximum atomic E-state index is 14.1. The Morgan fingerprint density at radius 3 is 2.28 bits per heavy atom. The van der Waals surface area contributed by atoms with E-state index >= 15 is 0 Å². The van der Waals surface area contributed by atoms with Crippen LogP contribution >= 0.6 is 11.6 Å². The van der Waals surface area contributed by atoms with Crippen LogP contribution < -0.4 is 15.4 Å². The van der Waals surface area contributed by atoms with Crippen molar-refractivity contribution in [2.24, 2.45) is 0 Å². The number of amides is 1. The molecule has 6 nitrogen and oxygen atoms in total. The molecule has 0 heterocycles. The molecule has 0 spiro atoms. The van der Waals surface area contributed by atoms with Crippen molar-refractivity contribution in [3.63, 3.8) is 0 Å². The number of carbonyl (C=O) groups excluding carboxylic acids is 2. The molecule has 156 valence electrons. The van der Waals surface area contributed by atoms with Crippen molar-refractivity contribution in [3.8, 4) is 5.75 Å². The molecule has 0 aromatic heterocycles. The highest BCUT2D eigenvalue weighted by atomic mass is 35.5. The molecule has 0 bridgehead atoms. The molecule has 2 rings (SSSR count). The highest BCUT2D eigenvalue weighted by Crippen LogP contribution is 2.34. The Morgan fingerprint density at radius 1 is 1.10 bits per heavy atom. The summed E-state index contributed by atoms with van der Waals surface area (Å²) in [5.74, 6) is -2.45. The molecule has 29 heavy (non-hydrogen) atoms. The second kappa shape index (κ2) is 9.04. The Labute approximate surface area is 169 Å². The lowest BCUT2D eigenvalue weighted by Gasteiger charge is -2.35. The summed E-state index contributed by atoms with van der Waals surface area (Å²) in [6, 6.07) is 10.6. The van der Waals surface area contributed by atoms with Gasteiger partial charge in [0, 0.05) is 16.3 Å². The molecular formula is C19H18ClF3N2O4. The lowest BCUT2D eigenvalue weighted by molar-refractivity contribution is -0.204. The highest BCUT2D eigenvalue weighted by Gasteiger charge is 2.63. The summed E-state index contributed by atoms with van der Waals surface area (Å²) in [6.07, 6.45) is -5.25. The summed E-state index contributed by atoms with van der Waals surface area (Å²) in [7, 11) is 1.40. The van der Waals surface area contributed by atoms with E-state index in [-0.39, 0.29) is 22.9 Å². The number of hydrogen-bond donors (Lipinski definition) is 2. The van der Waals surface area contributed by atoms with Gasteiger partial charge < -0.3 is 20.1 Å². The zero-order valence-electron chi connectivity index (χ0n) is 15.5. The monoisotopic (exact) mass is 430 g/mol. The molecule has 1 unspecified atom stereocenters. The molecule has 10 heteroatoms. The van der Waals surface area contributed by atoms with Gasteiger partial charge in [-0.05, 0) is 49.4 Å². The molecule has 0 aliphatic rings. The molecule has 0 aliphatic carbocycles. The van der Waals surface area contributed by atoms with Gasteiger partial charge >= 0.3 is 17.8 Å². The van der Waals surface area contributed by atoms with Gasteiger partial charge in [0.15, 0.2) is 0 Å². The molecule has 0 fully saturated rings. The minimum Gasteiger partial charge on any atom is -0.497 e. The first-order valence-corrected chi connectivity index (χ1v) is 8.75. The standard InChI is InChI=1S/C19H18ClF3N2O4/c1-3-29-17(27)18(19(21,22)23,24-14-6-4-5-13(20)11-14)25-16(26)12-7-9-15(28-2)10-8-12/h4-11,24H,3H2,1-2H3,(H,25,26). The molecular weight excluding hydrogens is 413 g/mol. The number of rotatable bonds is 7. The van der Waals surface area contributed by atoms with E-state index in [9.17, 15) is 22.8 Å². The lowest BCUT2D eigenvalue weighted by Crippen LogP contribution is -2.69. The predicted octanol–water partition coefficient (Wildman–Crippen LogP) is 4.01. The molecule has 1 atom stereocenters. The fourth-order valence-electron chi connectivity index (χ4n) is 2.40. The predicted molar refractivity (Wildman–Crippen MR) is 101 cm³/mol. The SMILES string of the molecule is CCOC(=O)C(NC(=O)c1ccc(OC)cc1)(Nc1cccc(Cl)c1)C(F)(F)F. The number of hydrogen-bond acceptors (Lipinski definition) is 5. The zero-order valence-corrected chi connectivity index (χ0v) is 16.2. The molecule has 0 radical (unpaired) electrons. The normalized spacial score (nSPS) is 13.2. The summed E-state index contributed by atoms with van der Waals surface area (Å²) < 4.78 is 51.9. The summed E-state index contributed by atoms with van der Waals surface area (Å²) in [5, 5.41) is 3.92. The number of methoxy groups -OCH3 is 1. The maximum absolute atomic E-state index is 14.1. The molecule has 2 aromatic carbocycles. The van der Waals surface area contributed by atoms with E-state index in [2.05, 4.69) is 4.74 Å². The van der Waals surface area contributed by atoms with E-state index in [0.29, 0.717) is 5.75 Å². The molecule has 2 aromatic rings. The highest BCUT2D eigenvalue weighted by molar-refractivity contribution is 6.30. The molecule has 1 amide bonds. The summed E-state index contributed by atoms with van der Waals surface area (Å²) >= 11 is 5.82. The first kappa shape index (κ1) is 22.4. The Bertz CT molecular complexity index is 875. The van der Waals surface area contributed by atoms with Crippen LogP contribution in [0.5, 0.6) is 5.75 Å². The minimum atomic E-state index is -5.25. The lowest BCUT2D eigenvalue weighted by atomic mass is 10.1. The number of anilines is 1. The molecule has 0 aliphatic heterocycles. The third-order valence-corrected chi connectivity index (χ3v) is 4.05. The van der Waals surface area contributed by atoms with Crippen LogP contribution in [0.15, 0.2) is 48.5 Å². The van der Waals surface area contributed by atoms with Crippen LogP contribution in [-0.2, 0) is 9.53 Å². The van der Waals surface area contributed by atoms with Gasteiger partial charge in [-0.1, -0.05) is 17.7 Å². The topological polar surface area (TPSA) is 76.7 Å².